The summed E-state index contributed by atoms with van der Waals surface area (Å²) in [5.74, 6) is -0.879. The first-order valence-corrected chi connectivity index (χ1v) is 4.43. The molecule has 0 radical (unpaired) electrons. The Bertz CT molecular complexity index is 356. The second-order valence-corrected chi connectivity index (χ2v) is 3.08. The number of hydrogen-bond donors (Lipinski definition) is 1. The Morgan fingerprint density at radius 2 is 1.33 bits per heavy atom. The Morgan fingerprint density at radius 1 is 0.944 bits per heavy atom. The van der Waals surface area contributed by atoms with E-state index in [9.17, 15) is 31.1 Å². The van der Waals surface area contributed by atoms with Crippen molar-refractivity contribution >= 4 is 5.97 Å². The van der Waals surface area contributed by atoms with Gasteiger partial charge in [0.25, 0.3) is 0 Å². The summed E-state index contributed by atoms with van der Waals surface area (Å²) in [7, 11) is 0. The van der Waals surface area contributed by atoms with Crippen LogP contribution in [0.3, 0.4) is 0 Å². The van der Waals surface area contributed by atoms with Crippen molar-refractivity contribution in [2.24, 2.45) is 0 Å². The van der Waals surface area contributed by atoms with Crippen molar-refractivity contribution in [1.82, 2.24) is 0 Å². The number of halogens is 6. The third-order valence-corrected chi connectivity index (χ3v) is 1.42. The lowest BCUT2D eigenvalue weighted by Crippen LogP contribution is -2.20. The fourth-order valence-corrected chi connectivity index (χ4v) is 0.808. The lowest BCUT2D eigenvalue weighted by atomic mass is 10.2. The van der Waals surface area contributed by atoms with Gasteiger partial charge in [0, 0.05) is 0 Å². The van der Waals surface area contributed by atoms with Crippen LogP contribution in [-0.2, 0) is 0 Å². The smallest absolute Gasteiger partial charge is 0.397 e. The van der Waals surface area contributed by atoms with Crippen molar-refractivity contribution in [2.45, 2.75) is 18.8 Å². The first-order chi connectivity index (χ1) is 8.01. The van der Waals surface area contributed by atoms with Gasteiger partial charge in [0.05, 0.1) is 5.56 Å². The number of carbonyl (C=O) groups is 1. The average Bonchev–Trinajstić information content (AvgIpc) is 2.14. The van der Waals surface area contributed by atoms with Crippen molar-refractivity contribution < 1.29 is 36.2 Å². The predicted molar refractivity (Wildman–Crippen MR) is 50.1 cm³/mol. The van der Waals surface area contributed by atoms with Crippen LogP contribution in [0, 0.1) is 0 Å². The predicted octanol–water partition coefficient (Wildman–Crippen LogP) is 3.89. The minimum absolute atomic E-state index is 0.331. The van der Waals surface area contributed by atoms with Crippen molar-refractivity contribution in [3.63, 3.8) is 0 Å². The zero-order chi connectivity index (χ0) is 14.4. The molecule has 0 unspecified atom stereocenters. The molecule has 1 aromatic rings. The summed E-state index contributed by atoms with van der Waals surface area (Å²) in [4.78, 5) is 10.2. The molecular weight excluding hydrogens is 266 g/mol. The summed E-state index contributed by atoms with van der Waals surface area (Å²) < 4.78 is 65.0. The van der Waals surface area contributed by atoms with E-state index in [-0.39, 0.29) is 0 Å². The fourth-order valence-electron chi connectivity index (χ4n) is 0.808. The first kappa shape index (κ1) is 16.3. The molecule has 0 saturated carbocycles. The topological polar surface area (TPSA) is 37.3 Å². The third-order valence-electron chi connectivity index (χ3n) is 1.42. The Hall–Kier alpha value is -1.73. The summed E-state index contributed by atoms with van der Waals surface area (Å²) in [6.07, 6.45) is -13.0. The second-order valence-electron chi connectivity index (χ2n) is 3.08. The van der Waals surface area contributed by atoms with Crippen LogP contribution in [0.25, 0.3) is 0 Å². The van der Waals surface area contributed by atoms with Crippen LogP contribution in [-0.4, -0.2) is 23.4 Å². The number of alkyl halides is 6. The van der Waals surface area contributed by atoms with Gasteiger partial charge in [0.15, 0.2) is 0 Å². The number of rotatable bonds is 1. The zero-order valence-electron chi connectivity index (χ0n) is 8.72. The van der Waals surface area contributed by atoms with E-state index in [1.807, 2.05) is 0 Å². The third kappa shape index (κ3) is 9.49. The van der Waals surface area contributed by atoms with E-state index in [0.717, 1.165) is 0 Å². The molecule has 0 amide bonds. The van der Waals surface area contributed by atoms with Gasteiger partial charge in [-0.2, -0.15) is 26.3 Å². The van der Waals surface area contributed by atoms with Gasteiger partial charge in [-0.25, -0.2) is 4.79 Å². The lowest BCUT2D eigenvalue weighted by Gasteiger charge is -2.08. The molecule has 0 saturated heterocycles. The quantitative estimate of drug-likeness (QED) is 0.789. The van der Waals surface area contributed by atoms with Crippen molar-refractivity contribution in [3.8, 4) is 0 Å². The van der Waals surface area contributed by atoms with Gasteiger partial charge < -0.3 is 5.11 Å². The van der Waals surface area contributed by atoms with E-state index in [4.69, 9.17) is 5.11 Å². The van der Waals surface area contributed by atoms with Gasteiger partial charge in [-0.05, 0) is 12.1 Å². The van der Waals surface area contributed by atoms with Crippen LogP contribution in [0.2, 0.25) is 0 Å². The first-order valence-electron chi connectivity index (χ1n) is 4.43. The Morgan fingerprint density at radius 3 is 1.50 bits per heavy atom. The van der Waals surface area contributed by atoms with Crippen molar-refractivity contribution in [3.05, 3.63) is 35.9 Å². The van der Waals surface area contributed by atoms with E-state index >= 15 is 0 Å². The molecule has 1 aromatic carbocycles. The minimum atomic E-state index is -5.14. The molecule has 0 aliphatic rings. The molecule has 2 nitrogen and oxygen atoms in total. The van der Waals surface area contributed by atoms with Gasteiger partial charge >= 0.3 is 18.3 Å². The molecule has 0 spiro atoms. The molecule has 1 N–H and O–H groups in total. The number of aromatic carboxylic acids is 1. The summed E-state index contributed by atoms with van der Waals surface area (Å²) in [6, 6.07) is 8.30. The SMILES string of the molecule is FC(F)(F)CC(F)(F)F.O=C(O)c1ccccc1. The van der Waals surface area contributed by atoms with Gasteiger partial charge in [-0.15, -0.1) is 0 Å². The standard InChI is InChI=1S/C7H6O2.C3H2F6/c8-7(9)6-4-2-1-3-5-6;4-2(5,6)1-3(7,8)9/h1-5H,(H,8,9);1H2. The van der Waals surface area contributed by atoms with Crippen LogP contribution in [0.1, 0.15) is 16.8 Å². The highest BCUT2D eigenvalue weighted by molar-refractivity contribution is 5.87. The highest BCUT2D eigenvalue weighted by atomic mass is 19.4. The monoisotopic (exact) mass is 274 g/mol. The van der Waals surface area contributed by atoms with E-state index in [1.165, 1.54) is 0 Å². The molecule has 0 aliphatic carbocycles. The van der Waals surface area contributed by atoms with Gasteiger partial charge in [0.1, 0.15) is 6.42 Å². The maximum Gasteiger partial charge on any atom is 0.397 e. The van der Waals surface area contributed by atoms with Crippen LogP contribution in [0.15, 0.2) is 30.3 Å². The van der Waals surface area contributed by atoms with E-state index in [0.29, 0.717) is 5.56 Å². The summed E-state index contributed by atoms with van der Waals surface area (Å²) in [5.41, 5.74) is 0.331. The molecule has 0 fully saturated rings. The number of carboxylic acids is 1. The Balaban J connectivity index is 0.000000321. The zero-order valence-corrected chi connectivity index (χ0v) is 8.72. The fraction of sp³-hybridized carbons (Fsp3) is 0.300. The van der Waals surface area contributed by atoms with Crippen molar-refractivity contribution in [1.29, 1.82) is 0 Å². The summed E-state index contributed by atoms with van der Waals surface area (Å²) in [5, 5.41) is 8.38. The highest BCUT2D eigenvalue weighted by Gasteiger charge is 2.43. The van der Waals surface area contributed by atoms with Gasteiger partial charge in [-0.1, -0.05) is 18.2 Å². The molecule has 102 valence electrons. The van der Waals surface area contributed by atoms with E-state index in [1.54, 1.807) is 30.3 Å². The Labute approximate surface area is 97.8 Å². The summed E-state index contributed by atoms with van der Waals surface area (Å²) in [6.45, 7) is 0. The second kappa shape index (κ2) is 6.27. The molecule has 0 bridgehead atoms. The molecule has 8 heteroatoms. The summed E-state index contributed by atoms with van der Waals surface area (Å²) >= 11 is 0. The largest absolute Gasteiger partial charge is 0.478 e. The maximum atomic E-state index is 10.8. The molecule has 0 heterocycles. The number of benzene rings is 1. The van der Waals surface area contributed by atoms with E-state index < -0.39 is 24.7 Å². The van der Waals surface area contributed by atoms with Gasteiger partial charge in [0.2, 0.25) is 0 Å². The van der Waals surface area contributed by atoms with Crippen molar-refractivity contribution in [2.75, 3.05) is 0 Å². The van der Waals surface area contributed by atoms with Crippen LogP contribution >= 0.6 is 0 Å². The van der Waals surface area contributed by atoms with Crippen LogP contribution in [0.5, 0.6) is 0 Å². The molecule has 0 atom stereocenters. The van der Waals surface area contributed by atoms with Crippen LogP contribution < -0.4 is 0 Å². The van der Waals surface area contributed by atoms with Gasteiger partial charge in [-0.3, -0.25) is 0 Å². The maximum absolute atomic E-state index is 10.8. The lowest BCUT2D eigenvalue weighted by molar-refractivity contribution is -0.232. The number of carboxylic acid groups (broad SMARTS) is 1. The normalized spacial score (nSPS) is 11.4. The number of hydrogen-bond acceptors (Lipinski definition) is 1. The minimum Gasteiger partial charge on any atom is -0.478 e. The highest BCUT2D eigenvalue weighted by Crippen LogP contribution is 2.31. The average molecular weight is 274 g/mol. The molecule has 0 aromatic heterocycles. The molecular formula is C10H8F6O2. The molecule has 0 aliphatic heterocycles. The van der Waals surface area contributed by atoms with Crippen LogP contribution in [0.4, 0.5) is 26.3 Å². The molecule has 18 heavy (non-hydrogen) atoms. The molecule has 1 rings (SSSR count). The Kier molecular flexibility index (Phi) is 5.67. The van der Waals surface area contributed by atoms with E-state index in [2.05, 4.69) is 0 Å².